The number of aliphatic hydroxyl groups is 1. The van der Waals surface area contributed by atoms with Gasteiger partial charge in [0.1, 0.15) is 24.1 Å². The number of hydrogen-bond acceptors (Lipinski definition) is 14. The van der Waals surface area contributed by atoms with E-state index < -0.39 is 95.9 Å². The van der Waals surface area contributed by atoms with E-state index in [9.17, 15) is 24.3 Å². The minimum atomic E-state index is -1.51. The number of methoxy groups -OCH3 is 1. The summed E-state index contributed by atoms with van der Waals surface area (Å²) in [5, 5.41) is 11.6. The van der Waals surface area contributed by atoms with E-state index in [1.165, 1.54) is 13.2 Å². The molecular formula is C42H63NO13. The van der Waals surface area contributed by atoms with Gasteiger partial charge < -0.3 is 47.9 Å². The number of hydrogen-bond donors (Lipinski definition) is 1. The molecule has 0 saturated carbocycles. The van der Waals surface area contributed by atoms with Gasteiger partial charge in [-0.1, -0.05) is 64.1 Å². The normalized spacial score (nSPS) is 39.1. The first-order valence-electron chi connectivity index (χ1n) is 19.7. The summed E-state index contributed by atoms with van der Waals surface area (Å²) in [6.45, 7) is 17.5. The van der Waals surface area contributed by atoms with Crippen LogP contribution in [0.3, 0.4) is 0 Å². The van der Waals surface area contributed by atoms with Crippen LogP contribution in [-0.2, 0) is 52.3 Å². The Kier molecular flexibility index (Phi) is 15.3. The lowest BCUT2D eigenvalue weighted by molar-refractivity contribution is -0.302. The molecule has 3 fully saturated rings. The van der Waals surface area contributed by atoms with Crippen LogP contribution in [-0.4, -0.2) is 122 Å². The number of ketones is 1. The largest absolute Gasteiger partial charge is 0.509 e. The summed E-state index contributed by atoms with van der Waals surface area (Å²) in [6.07, 6.45) is -6.81. The van der Waals surface area contributed by atoms with Crippen molar-refractivity contribution in [1.29, 1.82) is 0 Å². The van der Waals surface area contributed by atoms with Gasteiger partial charge in [0.05, 0.1) is 36.3 Å². The summed E-state index contributed by atoms with van der Waals surface area (Å²) in [4.78, 5) is 57.7. The molecular weight excluding hydrogens is 726 g/mol. The molecule has 4 rings (SSSR count). The van der Waals surface area contributed by atoms with Crippen molar-refractivity contribution in [2.75, 3.05) is 27.8 Å². The minimum Gasteiger partial charge on any atom is -0.459 e. The van der Waals surface area contributed by atoms with Gasteiger partial charge in [0.25, 0.3) is 0 Å². The third-order valence-corrected chi connectivity index (χ3v) is 11.9. The summed E-state index contributed by atoms with van der Waals surface area (Å²) in [5.74, 6) is -5.35. The van der Waals surface area contributed by atoms with E-state index in [-0.39, 0.29) is 37.4 Å². The number of carbonyl (C=O) groups excluding carboxylic acids is 4. The van der Waals surface area contributed by atoms with Gasteiger partial charge in [-0.2, -0.15) is 0 Å². The molecule has 14 heteroatoms. The van der Waals surface area contributed by atoms with E-state index in [0.29, 0.717) is 12.0 Å². The highest BCUT2D eigenvalue weighted by Gasteiger charge is 2.59. The van der Waals surface area contributed by atoms with E-state index >= 15 is 0 Å². The predicted molar refractivity (Wildman–Crippen MR) is 204 cm³/mol. The number of likely N-dealkylation sites (N-methyl/N-ethyl adjacent to an activating group) is 1. The standard InChI is InChI=1S/C42H63NO13/c1-13-20-50-34(28-18-16-15-17-19-28)38(47)53-33-26(6)35(54-39-32(45)29(43(10)11)21-24(4)51-39)41(8,49-12)22-23(3)31(44)25(5)36-42(9,56-40(48)55-36)30(14-2)52-37(46)27(33)7/h13,15-19,23-27,29-30,32-36,39,45H,1,14,20-22H2,2-12H3/t23-,24-,25-,26+,27-,29+,30+,32-,33-,34?,35-,36-,39+,41+,42-/m1/s1. The van der Waals surface area contributed by atoms with Crippen LogP contribution in [0.4, 0.5) is 4.79 Å². The number of cyclic esters (lactones) is 1. The Morgan fingerprint density at radius 3 is 2.30 bits per heavy atom. The second-order valence-corrected chi connectivity index (χ2v) is 16.3. The SMILES string of the molecule is C=CCOC(C(=O)O[C@@H]1[C@H](C)[C@@H](O[C@@H]2O[C@H](C)C[C@H](N(C)C)[C@H]2O)[C@@](C)(OC)C[C@@H](C)C(=O)[C@@H](C)[C@H]2OC(=O)O[C@]2(C)[C@H](CC)OC(=O)[C@@H]1C)c1ccccc1. The van der Waals surface area contributed by atoms with Crippen LogP contribution in [0.5, 0.6) is 0 Å². The van der Waals surface area contributed by atoms with Crippen LogP contribution in [0.25, 0.3) is 0 Å². The fourth-order valence-corrected chi connectivity index (χ4v) is 8.69. The number of carbonyl (C=O) groups is 4. The lowest BCUT2D eigenvalue weighted by Gasteiger charge is -2.48. The lowest BCUT2D eigenvalue weighted by atomic mass is 9.74. The predicted octanol–water partition coefficient (Wildman–Crippen LogP) is 5.19. The lowest BCUT2D eigenvalue weighted by Crippen LogP contribution is -2.60. The number of rotatable bonds is 11. The zero-order chi connectivity index (χ0) is 41.7. The topological polar surface area (TPSA) is 166 Å². The van der Waals surface area contributed by atoms with Gasteiger partial charge in [-0.15, -0.1) is 6.58 Å². The molecule has 0 bridgehead atoms. The number of fused-ring (bicyclic) bond motifs is 1. The molecule has 14 nitrogen and oxygen atoms in total. The van der Waals surface area contributed by atoms with Crippen LogP contribution in [0.15, 0.2) is 43.0 Å². The van der Waals surface area contributed by atoms with Crippen LogP contribution in [0.2, 0.25) is 0 Å². The molecule has 3 aliphatic heterocycles. The summed E-state index contributed by atoms with van der Waals surface area (Å²) < 4.78 is 49.1. The van der Waals surface area contributed by atoms with Gasteiger partial charge in [-0.25, -0.2) is 9.59 Å². The van der Waals surface area contributed by atoms with Crippen molar-refractivity contribution in [1.82, 2.24) is 4.90 Å². The number of Topliss-reactive ketones (excluding diaryl/α,β-unsaturated/α-hetero) is 1. The molecule has 3 heterocycles. The molecule has 0 spiro atoms. The second kappa shape index (κ2) is 18.9. The molecule has 1 aromatic carbocycles. The smallest absolute Gasteiger partial charge is 0.459 e. The van der Waals surface area contributed by atoms with Gasteiger partial charge in [0, 0.05) is 25.0 Å². The Balaban J connectivity index is 1.89. The summed E-state index contributed by atoms with van der Waals surface area (Å²) in [6, 6.07) is 8.49. The maximum Gasteiger partial charge on any atom is 0.509 e. The third kappa shape index (κ3) is 9.65. The van der Waals surface area contributed by atoms with E-state index in [0.717, 1.165) is 0 Å². The Bertz CT molecular complexity index is 1520. The van der Waals surface area contributed by atoms with Crippen LogP contribution < -0.4 is 0 Å². The molecule has 3 saturated heterocycles. The van der Waals surface area contributed by atoms with Crippen LogP contribution >= 0.6 is 0 Å². The molecule has 0 aromatic heterocycles. The quantitative estimate of drug-likeness (QED) is 0.177. The number of ether oxygens (including phenoxy) is 8. The maximum atomic E-state index is 14.4. The van der Waals surface area contributed by atoms with E-state index in [1.807, 2.05) is 32.0 Å². The molecule has 1 N–H and O–H groups in total. The van der Waals surface area contributed by atoms with Gasteiger partial charge in [0.2, 0.25) is 0 Å². The minimum absolute atomic E-state index is 0.0329. The van der Waals surface area contributed by atoms with Gasteiger partial charge in [0.15, 0.2) is 24.1 Å². The van der Waals surface area contributed by atoms with Gasteiger partial charge >= 0.3 is 18.1 Å². The average molecular weight is 790 g/mol. The zero-order valence-electron chi connectivity index (χ0n) is 34.8. The fourth-order valence-electron chi connectivity index (χ4n) is 8.69. The molecule has 0 aliphatic carbocycles. The van der Waals surface area contributed by atoms with Crippen molar-refractivity contribution in [2.24, 2.45) is 23.7 Å². The summed E-state index contributed by atoms with van der Waals surface area (Å²) in [7, 11) is 5.21. The molecule has 1 unspecified atom stereocenters. The van der Waals surface area contributed by atoms with Crippen molar-refractivity contribution in [3.63, 3.8) is 0 Å². The van der Waals surface area contributed by atoms with Crippen molar-refractivity contribution in [3.05, 3.63) is 48.6 Å². The summed E-state index contributed by atoms with van der Waals surface area (Å²) >= 11 is 0. The molecule has 0 radical (unpaired) electrons. The Morgan fingerprint density at radius 1 is 1.05 bits per heavy atom. The maximum absolute atomic E-state index is 14.4. The zero-order valence-corrected chi connectivity index (χ0v) is 34.8. The monoisotopic (exact) mass is 789 g/mol. The fraction of sp³-hybridized carbons (Fsp3) is 0.714. The van der Waals surface area contributed by atoms with Crippen molar-refractivity contribution < 1.29 is 62.2 Å². The number of nitrogens with zero attached hydrogens (tertiary/aromatic N) is 1. The molecule has 56 heavy (non-hydrogen) atoms. The number of esters is 2. The first kappa shape index (κ1) is 45.3. The van der Waals surface area contributed by atoms with Crippen LogP contribution in [0, 0.1) is 23.7 Å². The summed E-state index contributed by atoms with van der Waals surface area (Å²) in [5.41, 5.74) is -2.31. The van der Waals surface area contributed by atoms with Crippen molar-refractivity contribution in [3.8, 4) is 0 Å². The third-order valence-electron chi connectivity index (χ3n) is 11.9. The Labute approximate surface area is 331 Å². The molecule has 0 amide bonds. The van der Waals surface area contributed by atoms with E-state index in [2.05, 4.69) is 6.58 Å². The van der Waals surface area contributed by atoms with Crippen molar-refractivity contribution >= 4 is 23.9 Å². The molecule has 15 atom stereocenters. The first-order chi connectivity index (χ1) is 26.3. The molecule has 3 aliphatic rings. The highest BCUT2D eigenvalue weighted by atomic mass is 16.8. The van der Waals surface area contributed by atoms with Crippen molar-refractivity contribution in [2.45, 2.75) is 141 Å². The number of benzene rings is 1. The first-order valence-corrected chi connectivity index (χ1v) is 19.7. The van der Waals surface area contributed by atoms with Gasteiger partial charge in [-0.3, -0.25) is 9.59 Å². The molecule has 1 aromatic rings. The van der Waals surface area contributed by atoms with E-state index in [1.54, 1.807) is 72.7 Å². The van der Waals surface area contributed by atoms with Gasteiger partial charge in [-0.05, 0) is 66.6 Å². The van der Waals surface area contributed by atoms with Crippen LogP contribution in [0.1, 0.15) is 86.3 Å². The average Bonchev–Trinajstić information content (AvgIpc) is 3.48. The number of aliphatic hydroxyl groups excluding tert-OH is 1. The molecule has 314 valence electrons. The van der Waals surface area contributed by atoms with E-state index in [4.69, 9.17) is 37.9 Å². The highest BCUT2D eigenvalue weighted by molar-refractivity contribution is 5.84. The Hall–Kier alpha value is -3.40. The Morgan fingerprint density at radius 2 is 1.71 bits per heavy atom. The highest BCUT2D eigenvalue weighted by Crippen LogP contribution is 2.43. The second-order valence-electron chi connectivity index (χ2n) is 16.3.